The molecule has 0 saturated carbocycles. The van der Waals surface area contributed by atoms with E-state index in [9.17, 15) is 9.90 Å². The van der Waals surface area contributed by atoms with E-state index in [1.165, 1.54) is 18.3 Å². The van der Waals surface area contributed by atoms with Gasteiger partial charge in [0.05, 0.1) is 10.9 Å². The van der Waals surface area contributed by atoms with Gasteiger partial charge in [0, 0.05) is 6.20 Å². The Kier molecular flexibility index (Phi) is 2.81. The first-order valence-electron chi connectivity index (χ1n) is 3.26. The van der Waals surface area contributed by atoms with Gasteiger partial charge in [-0.3, -0.25) is 4.79 Å². The molecule has 0 atom stereocenters. The minimum atomic E-state index is -1.11. The van der Waals surface area contributed by atoms with Crippen LogP contribution >= 0.6 is 11.6 Å². The van der Waals surface area contributed by atoms with E-state index in [1.807, 2.05) is 0 Å². The maximum Gasteiger partial charge on any atom is 0.252 e. The van der Waals surface area contributed by atoms with Crippen LogP contribution in [0.5, 0.6) is 0 Å². The molecule has 2 N–H and O–H groups in total. The van der Waals surface area contributed by atoms with Gasteiger partial charge in [0.15, 0.2) is 5.82 Å². The van der Waals surface area contributed by atoms with Crippen molar-refractivity contribution in [1.82, 2.24) is 4.98 Å². The van der Waals surface area contributed by atoms with Crippen molar-refractivity contribution in [3.05, 3.63) is 23.4 Å². The zero-order valence-electron chi connectivity index (χ0n) is 6.40. The van der Waals surface area contributed by atoms with Crippen molar-refractivity contribution >= 4 is 29.2 Å². The largest absolute Gasteiger partial charge is 0.855 e. The van der Waals surface area contributed by atoms with Gasteiger partial charge in [-0.05, 0) is 12.1 Å². The SMILES string of the molecule is NC(=O)C([O-])=Nc1ccc(Cl)cn1. The van der Waals surface area contributed by atoms with E-state index in [4.69, 9.17) is 11.6 Å². The molecular formula is C7H5ClN3O2-. The molecule has 0 aliphatic carbocycles. The van der Waals surface area contributed by atoms with Crippen LogP contribution in [0.4, 0.5) is 5.82 Å². The number of hydrogen-bond donors (Lipinski definition) is 1. The molecule has 0 spiro atoms. The van der Waals surface area contributed by atoms with Crippen LogP contribution in [0.1, 0.15) is 0 Å². The number of hydrogen-bond acceptors (Lipinski definition) is 4. The van der Waals surface area contributed by atoms with Crippen LogP contribution in [0.2, 0.25) is 5.02 Å². The summed E-state index contributed by atoms with van der Waals surface area (Å²) in [6.07, 6.45) is 1.31. The molecule has 1 heterocycles. The van der Waals surface area contributed by atoms with Crippen molar-refractivity contribution in [2.75, 3.05) is 0 Å². The van der Waals surface area contributed by atoms with Crippen LogP contribution in [0, 0.1) is 0 Å². The van der Waals surface area contributed by atoms with Gasteiger partial charge >= 0.3 is 0 Å². The van der Waals surface area contributed by atoms with Gasteiger partial charge in [-0.15, -0.1) is 0 Å². The summed E-state index contributed by atoms with van der Waals surface area (Å²) in [4.78, 5) is 17.3. The minimum Gasteiger partial charge on any atom is -0.855 e. The van der Waals surface area contributed by atoms with Crippen LogP contribution < -0.4 is 10.8 Å². The minimum absolute atomic E-state index is 0.105. The first-order chi connectivity index (χ1) is 6.09. The summed E-state index contributed by atoms with van der Waals surface area (Å²) in [5.41, 5.74) is 4.68. The number of primary amides is 1. The number of aromatic nitrogens is 1. The van der Waals surface area contributed by atoms with E-state index in [0.29, 0.717) is 5.02 Å². The maximum atomic E-state index is 10.7. The summed E-state index contributed by atoms with van der Waals surface area (Å²) in [6, 6.07) is 2.91. The number of amides is 1. The lowest BCUT2D eigenvalue weighted by Crippen LogP contribution is -2.33. The Labute approximate surface area is 78.9 Å². The van der Waals surface area contributed by atoms with Crippen molar-refractivity contribution in [1.29, 1.82) is 0 Å². The second kappa shape index (κ2) is 3.86. The Morgan fingerprint density at radius 1 is 1.62 bits per heavy atom. The molecule has 1 aromatic heterocycles. The number of carbonyl (C=O) groups excluding carboxylic acids is 1. The molecule has 1 amide bonds. The smallest absolute Gasteiger partial charge is 0.252 e. The Hall–Kier alpha value is -1.62. The number of halogens is 1. The number of aliphatic imine (C=N–C) groups is 1. The second-order valence-electron chi connectivity index (χ2n) is 2.12. The fourth-order valence-corrected chi connectivity index (χ4v) is 0.705. The first kappa shape index (κ1) is 9.47. The van der Waals surface area contributed by atoms with Gasteiger partial charge in [0.1, 0.15) is 0 Å². The average molecular weight is 199 g/mol. The predicted octanol–water partition coefficient (Wildman–Crippen LogP) is -0.389. The molecule has 0 aromatic carbocycles. The maximum absolute atomic E-state index is 10.7. The van der Waals surface area contributed by atoms with Crippen molar-refractivity contribution in [2.45, 2.75) is 0 Å². The molecule has 0 aliphatic rings. The summed E-state index contributed by atoms with van der Waals surface area (Å²) in [5, 5.41) is 11.1. The Bertz CT molecular complexity index is 347. The van der Waals surface area contributed by atoms with E-state index >= 15 is 0 Å². The molecule has 6 heteroatoms. The molecule has 5 nitrogen and oxygen atoms in total. The fourth-order valence-electron chi connectivity index (χ4n) is 0.593. The van der Waals surface area contributed by atoms with Crippen LogP contribution in [-0.2, 0) is 4.79 Å². The molecule has 0 aliphatic heterocycles. The Morgan fingerprint density at radius 2 is 2.31 bits per heavy atom. The molecule has 0 unspecified atom stereocenters. The van der Waals surface area contributed by atoms with E-state index in [2.05, 4.69) is 15.7 Å². The van der Waals surface area contributed by atoms with E-state index in [1.54, 1.807) is 0 Å². The van der Waals surface area contributed by atoms with Gasteiger partial charge in [-0.25, -0.2) is 9.98 Å². The van der Waals surface area contributed by atoms with Gasteiger partial charge in [0.25, 0.3) is 5.91 Å². The standard InChI is InChI=1S/C7H6ClN3O2/c8-4-1-2-5(10-3-4)11-7(13)6(9)12/h1-3H,(H2,9,12)(H,10,11,13)/p-1. The zero-order valence-corrected chi connectivity index (χ0v) is 7.15. The lowest BCUT2D eigenvalue weighted by atomic mass is 10.4. The third kappa shape index (κ3) is 2.72. The molecule has 0 radical (unpaired) electrons. The molecular weight excluding hydrogens is 194 g/mol. The van der Waals surface area contributed by atoms with Crippen molar-refractivity contribution in [3.63, 3.8) is 0 Å². The lowest BCUT2D eigenvalue weighted by molar-refractivity contribution is -0.217. The van der Waals surface area contributed by atoms with Crippen LogP contribution in [0.3, 0.4) is 0 Å². The molecule has 0 fully saturated rings. The average Bonchev–Trinajstić information content (AvgIpc) is 2.08. The summed E-state index contributed by atoms with van der Waals surface area (Å²) < 4.78 is 0. The van der Waals surface area contributed by atoms with Gasteiger partial charge < -0.3 is 10.8 Å². The third-order valence-electron chi connectivity index (χ3n) is 1.14. The van der Waals surface area contributed by atoms with Crippen molar-refractivity contribution < 1.29 is 9.90 Å². The van der Waals surface area contributed by atoms with E-state index in [-0.39, 0.29) is 5.82 Å². The zero-order chi connectivity index (χ0) is 9.84. The fraction of sp³-hybridized carbons (Fsp3) is 0. The molecule has 13 heavy (non-hydrogen) atoms. The van der Waals surface area contributed by atoms with Crippen molar-refractivity contribution in [2.24, 2.45) is 10.7 Å². The number of nitrogens with zero attached hydrogens (tertiary/aromatic N) is 2. The van der Waals surface area contributed by atoms with Crippen LogP contribution in [0.15, 0.2) is 23.3 Å². The Balaban J connectivity index is 2.92. The summed E-state index contributed by atoms with van der Waals surface area (Å²) >= 11 is 5.53. The van der Waals surface area contributed by atoms with Gasteiger partial charge in [0.2, 0.25) is 0 Å². The van der Waals surface area contributed by atoms with Crippen LogP contribution in [-0.4, -0.2) is 16.8 Å². The Morgan fingerprint density at radius 3 is 2.77 bits per heavy atom. The molecule has 68 valence electrons. The predicted molar refractivity (Wildman–Crippen MR) is 45.5 cm³/mol. The molecule has 1 rings (SSSR count). The molecule has 1 aromatic rings. The van der Waals surface area contributed by atoms with Gasteiger partial charge in [-0.2, -0.15) is 0 Å². The van der Waals surface area contributed by atoms with Gasteiger partial charge in [-0.1, -0.05) is 11.6 Å². The van der Waals surface area contributed by atoms with E-state index < -0.39 is 11.8 Å². The normalized spacial score (nSPS) is 11.3. The highest BCUT2D eigenvalue weighted by atomic mass is 35.5. The number of nitrogens with two attached hydrogens (primary N) is 1. The quantitative estimate of drug-likeness (QED) is 0.492. The number of carbonyl (C=O) groups is 1. The summed E-state index contributed by atoms with van der Waals surface area (Å²) in [7, 11) is 0. The number of pyridine rings is 1. The molecule has 0 bridgehead atoms. The van der Waals surface area contributed by atoms with Crippen molar-refractivity contribution in [3.8, 4) is 0 Å². The lowest BCUT2D eigenvalue weighted by Gasteiger charge is -2.03. The summed E-state index contributed by atoms with van der Waals surface area (Å²) in [6.45, 7) is 0. The summed E-state index contributed by atoms with van der Waals surface area (Å²) in [5.74, 6) is -2.04. The monoisotopic (exact) mass is 198 g/mol. The van der Waals surface area contributed by atoms with E-state index in [0.717, 1.165) is 0 Å². The second-order valence-corrected chi connectivity index (χ2v) is 2.55. The number of rotatable bonds is 1. The third-order valence-corrected chi connectivity index (χ3v) is 1.36. The van der Waals surface area contributed by atoms with Crippen LogP contribution in [0.25, 0.3) is 0 Å². The highest BCUT2D eigenvalue weighted by Crippen LogP contribution is 2.11. The molecule has 0 saturated heterocycles. The highest BCUT2D eigenvalue weighted by molar-refractivity contribution is 6.33. The topological polar surface area (TPSA) is 91.4 Å². The highest BCUT2D eigenvalue weighted by Gasteiger charge is 1.94. The first-order valence-corrected chi connectivity index (χ1v) is 3.64.